The van der Waals surface area contributed by atoms with Gasteiger partial charge in [-0.2, -0.15) is 18.3 Å². The first-order valence-electron chi connectivity index (χ1n) is 6.99. The molecule has 0 saturated carbocycles. The van der Waals surface area contributed by atoms with Crippen molar-refractivity contribution in [3.8, 4) is 0 Å². The van der Waals surface area contributed by atoms with E-state index in [1.54, 1.807) is 6.08 Å². The highest BCUT2D eigenvalue weighted by Gasteiger charge is 2.33. The summed E-state index contributed by atoms with van der Waals surface area (Å²) in [7, 11) is 4.16. The highest BCUT2D eigenvalue weighted by atomic mass is 35.5. The van der Waals surface area contributed by atoms with E-state index in [0.717, 1.165) is 11.2 Å². The molecule has 0 aliphatic carbocycles. The molecular formula is C14H23ClF3N7. The molecule has 11 heteroatoms. The van der Waals surface area contributed by atoms with Crippen molar-refractivity contribution in [2.24, 2.45) is 21.8 Å². The van der Waals surface area contributed by atoms with E-state index >= 15 is 0 Å². The van der Waals surface area contributed by atoms with Crippen molar-refractivity contribution >= 4 is 22.6 Å². The van der Waals surface area contributed by atoms with Crippen LogP contribution >= 0.6 is 11.6 Å². The van der Waals surface area contributed by atoms with Gasteiger partial charge in [0.2, 0.25) is 0 Å². The van der Waals surface area contributed by atoms with Crippen LogP contribution < -0.4 is 17.0 Å². The number of nitrogens with one attached hydrogen (secondary N) is 1. The fraction of sp³-hybridized carbons (Fsp3) is 0.429. The van der Waals surface area contributed by atoms with Gasteiger partial charge in [0, 0.05) is 33.9 Å². The predicted octanol–water partition coefficient (Wildman–Crippen LogP) is 1.37. The second-order valence-electron chi connectivity index (χ2n) is 4.89. The van der Waals surface area contributed by atoms with Gasteiger partial charge in [0.05, 0.1) is 6.54 Å². The fourth-order valence-corrected chi connectivity index (χ4v) is 1.67. The number of nitrogens with two attached hydrogens (primary N) is 2. The van der Waals surface area contributed by atoms with Crippen LogP contribution in [0.5, 0.6) is 0 Å². The summed E-state index contributed by atoms with van der Waals surface area (Å²) in [4.78, 5) is 5.05. The summed E-state index contributed by atoms with van der Waals surface area (Å²) in [6, 6.07) is 0. The minimum Gasteiger partial charge on any atom is -0.383 e. The molecule has 0 saturated heterocycles. The van der Waals surface area contributed by atoms with Crippen LogP contribution in [0.2, 0.25) is 0 Å². The third-order valence-corrected chi connectivity index (χ3v) is 3.16. The van der Waals surface area contributed by atoms with Crippen molar-refractivity contribution in [3.05, 3.63) is 36.2 Å². The Labute approximate surface area is 150 Å². The predicted molar refractivity (Wildman–Crippen MR) is 95.8 cm³/mol. The van der Waals surface area contributed by atoms with Crippen LogP contribution in [0.4, 0.5) is 13.2 Å². The van der Waals surface area contributed by atoms with E-state index in [4.69, 9.17) is 23.3 Å². The zero-order valence-corrected chi connectivity index (χ0v) is 15.1. The number of amidine groups is 1. The van der Waals surface area contributed by atoms with E-state index in [0.29, 0.717) is 5.57 Å². The standard InChI is InChI=1S/C14H23ClF3N7/c1-10(5-6-12(15)22-3)7-25(9-13(23-19)24(4)20)8-11(21-2)14(16,17)18/h5-6,8,21H,1,7,9,19-20H2,2-4H3/b6-5-,11-8-,22-12+,23-13-. The molecule has 0 heterocycles. The van der Waals surface area contributed by atoms with Crippen LogP contribution in [-0.4, -0.2) is 61.3 Å². The van der Waals surface area contributed by atoms with E-state index in [2.05, 4.69) is 22.0 Å². The summed E-state index contributed by atoms with van der Waals surface area (Å²) >= 11 is 5.74. The quantitative estimate of drug-likeness (QED) is 0.194. The van der Waals surface area contributed by atoms with Gasteiger partial charge in [-0.3, -0.25) is 10.0 Å². The fourth-order valence-electron chi connectivity index (χ4n) is 1.61. The minimum absolute atomic E-state index is 0.0541. The molecule has 0 aromatic heterocycles. The number of hydrazine groups is 1. The van der Waals surface area contributed by atoms with Crippen molar-refractivity contribution in [3.63, 3.8) is 0 Å². The molecule has 0 radical (unpaired) electrons. The molecule has 0 bridgehead atoms. The summed E-state index contributed by atoms with van der Waals surface area (Å²) < 4.78 is 38.9. The molecular weight excluding hydrogens is 359 g/mol. The zero-order chi connectivity index (χ0) is 19.6. The van der Waals surface area contributed by atoms with Crippen LogP contribution in [0, 0.1) is 0 Å². The molecule has 0 unspecified atom stereocenters. The SMILES string of the molecule is C=C(/C=C\C(Cl)=N/C)CN(/C=C(\NC)C(F)(F)F)C/C(=N/N)N(C)N. The highest BCUT2D eigenvalue weighted by Crippen LogP contribution is 2.23. The van der Waals surface area contributed by atoms with E-state index in [9.17, 15) is 13.2 Å². The Morgan fingerprint density at radius 3 is 2.32 bits per heavy atom. The first-order valence-corrected chi connectivity index (χ1v) is 7.37. The number of hydrazone groups is 1. The van der Waals surface area contributed by atoms with Gasteiger partial charge >= 0.3 is 6.18 Å². The van der Waals surface area contributed by atoms with Gasteiger partial charge in [0.1, 0.15) is 10.9 Å². The molecule has 142 valence electrons. The summed E-state index contributed by atoms with van der Waals surface area (Å²) in [5.41, 5.74) is -0.444. The number of nitrogens with zero attached hydrogens (tertiary/aromatic N) is 4. The van der Waals surface area contributed by atoms with Gasteiger partial charge < -0.3 is 16.1 Å². The minimum atomic E-state index is -4.54. The lowest BCUT2D eigenvalue weighted by Crippen LogP contribution is -2.42. The lowest BCUT2D eigenvalue weighted by Gasteiger charge is -2.26. The summed E-state index contributed by atoms with van der Waals surface area (Å²) in [5, 5.41) is 6.94. The number of halogens is 4. The van der Waals surface area contributed by atoms with Crippen molar-refractivity contribution in [1.82, 2.24) is 15.2 Å². The molecule has 0 aromatic rings. The average molecular weight is 382 g/mol. The number of aliphatic imine (C=N–C) groups is 1. The van der Waals surface area contributed by atoms with Gasteiger partial charge in [-0.1, -0.05) is 24.3 Å². The molecule has 0 fully saturated rings. The monoisotopic (exact) mass is 381 g/mol. The Kier molecular flexibility index (Phi) is 9.69. The number of hydrogen-bond acceptors (Lipinski definition) is 6. The number of hydrogen-bond donors (Lipinski definition) is 3. The van der Waals surface area contributed by atoms with Gasteiger partial charge in [0.25, 0.3) is 0 Å². The van der Waals surface area contributed by atoms with Crippen molar-refractivity contribution in [2.75, 3.05) is 34.2 Å². The lowest BCUT2D eigenvalue weighted by molar-refractivity contribution is -0.0971. The Bertz CT molecular complexity index is 565. The topological polar surface area (TPSA) is 95.3 Å². The normalized spacial score (nSPS) is 14.0. The van der Waals surface area contributed by atoms with Gasteiger partial charge in [0.15, 0.2) is 5.84 Å². The van der Waals surface area contributed by atoms with E-state index in [1.165, 1.54) is 32.1 Å². The largest absolute Gasteiger partial charge is 0.432 e. The average Bonchev–Trinajstić information content (AvgIpc) is 2.53. The second kappa shape index (κ2) is 10.6. The summed E-state index contributed by atoms with van der Waals surface area (Å²) in [6.07, 6.45) is -0.601. The third-order valence-electron chi connectivity index (χ3n) is 2.86. The van der Waals surface area contributed by atoms with Crippen molar-refractivity contribution in [1.29, 1.82) is 0 Å². The van der Waals surface area contributed by atoms with Crippen LogP contribution in [0.25, 0.3) is 0 Å². The van der Waals surface area contributed by atoms with E-state index in [1.807, 2.05) is 0 Å². The van der Waals surface area contributed by atoms with E-state index in [-0.39, 0.29) is 24.1 Å². The van der Waals surface area contributed by atoms with E-state index < -0.39 is 11.9 Å². The maximum Gasteiger partial charge on any atom is 0.432 e. The molecule has 0 atom stereocenters. The van der Waals surface area contributed by atoms with Gasteiger partial charge in [-0.25, -0.2) is 5.84 Å². The lowest BCUT2D eigenvalue weighted by atomic mass is 10.2. The molecule has 0 spiro atoms. The van der Waals surface area contributed by atoms with Crippen molar-refractivity contribution < 1.29 is 13.2 Å². The summed E-state index contributed by atoms with van der Waals surface area (Å²) in [6.45, 7) is 3.78. The van der Waals surface area contributed by atoms with Crippen LogP contribution in [0.1, 0.15) is 0 Å². The van der Waals surface area contributed by atoms with Crippen LogP contribution in [0.15, 0.2) is 46.3 Å². The maximum absolute atomic E-state index is 13.0. The molecule has 0 aromatic carbocycles. The maximum atomic E-state index is 13.0. The zero-order valence-electron chi connectivity index (χ0n) is 14.3. The van der Waals surface area contributed by atoms with Crippen LogP contribution in [-0.2, 0) is 0 Å². The Hall–Kier alpha value is -2.20. The smallest absolute Gasteiger partial charge is 0.383 e. The number of alkyl halides is 3. The Balaban J connectivity index is 5.50. The summed E-state index contributed by atoms with van der Waals surface area (Å²) in [5.74, 6) is 11.0. The first-order chi connectivity index (χ1) is 11.5. The Morgan fingerprint density at radius 2 is 1.92 bits per heavy atom. The molecule has 0 amide bonds. The van der Waals surface area contributed by atoms with Gasteiger partial charge in [-0.05, 0) is 11.6 Å². The molecule has 5 N–H and O–H groups in total. The van der Waals surface area contributed by atoms with Gasteiger partial charge in [-0.15, -0.1) is 0 Å². The Morgan fingerprint density at radius 1 is 1.32 bits per heavy atom. The molecule has 25 heavy (non-hydrogen) atoms. The molecule has 7 nitrogen and oxygen atoms in total. The molecule has 0 aliphatic rings. The third kappa shape index (κ3) is 9.01. The second-order valence-corrected chi connectivity index (χ2v) is 5.28. The first kappa shape index (κ1) is 22.8. The number of likely N-dealkylation sites (N-methyl/N-ethyl adjacent to an activating group) is 1. The number of rotatable bonds is 8. The molecule has 0 rings (SSSR count). The van der Waals surface area contributed by atoms with Crippen LogP contribution in [0.3, 0.4) is 0 Å². The number of allylic oxidation sites excluding steroid dienone is 2. The molecule has 0 aliphatic heterocycles. The highest BCUT2D eigenvalue weighted by molar-refractivity contribution is 6.68. The van der Waals surface area contributed by atoms with Crippen molar-refractivity contribution in [2.45, 2.75) is 6.18 Å².